The first-order valence-electron chi connectivity index (χ1n) is 35.6. The van der Waals surface area contributed by atoms with E-state index in [4.69, 9.17) is 34.4 Å². The van der Waals surface area contributed by atoms with Gasteiger partial charge in [-0.25, -0.2) is 48.8 Å². The second kappa shape index (κ2) is 37.3. The van der Waals surface area contributed by atoms with Crippen molar-refractivity contribution >= 4 is 153 Å². The molecule has 4 aromatic rings. The fourth-order valence-corrected chi connectivity index (χ4v) is 16.5. The van der Waals surface area contributed by atoms with E-state index in [1.807, 2.05) is 89.7 Å². The van der Waals surface area contributed by atoms with Crippen molar-refractivity contribution in [2.45, 2.75) is 171 Å². The Balaban J connectivity index is 0.000000236. The van der Waals surface area contributed by atoms with Crippen LogP contribution in [0.25, 0.3) is 22.3 Å². The number of hydrogen-bond donors (Lipinski definition) is 7. The molecule has 2 saturated heterocycles. The van der Waals surface area contributed by atoms with E-state index in [9.17, 15) is 77.9 Å². The Kier molecular flexibility index (Phi) is 30.0. The third kappa shape index (κ3) is 20.8. The number of nitrogens with two attached hydrogens (primary N) is 1. The highest BCUT2D eigenvalue weighted by molar-refractivity contribution is 15.0. The van der Waals surface area contributed by atoms with E-state index in [2.05, 4.69) is 63.5 Å². The summed E-state index contributed by atoms with van der Waals surface area (Å²) in [6.07, 6.45) is -1.49. The van der Waals surface area contributed by atoms with Crippen molar-refractivity contribution in [3.63, 3.8) is 0 Å². The van der Waals surface area contributed by atoms with Gasteiger partial charge in [0, 0.05) is 78.2 Å². The number of alkyl halides is 4. The van der Waals surface area contributed by atoms with Crippen LogP contribution in [0.3, 0.4) is 0 Å². The van der Waals surface area contributed by atoms with Gasteiger partial charge in [0.15, 0.2) is 0 Å². The number of hydrogen-bond acceptors (Lipinski definition) is 21. The molecular weight excluding hydrogens is 1900 g/mol. The summed E-state index contributed by atoms with van der Waals surface area (Å²) in [4.78, 5) is 119. The van der Waals surface area contributed by atoms with Gasteiger partial charge in [0.2, 0.25) is 50.6 Å². The van der Waals surface area contributed by atoms with E-state index < -0.39 is 168 Å². The van der Waals surface area contributed by atoms with Crippen molar-refractivity contribution in [3.05, 3.63) is 131 Å². The average Bonchev–Trinajstić information content (AvgIpc) is 1.57. The Bertz CT molecular complexity index is 4690. The average molecular weight is 1990 g/mol. The molecular formula is C75H90ClF4I3N10O19S2. The molecule has 4 aliphatic heterocycles. The topological polar surface area (TPSA) is 398 Å². The number of nitrogens with one attached hydrogen (secondary N) is 5. The number of benzene rings is 4. The fourth-order valence-electron chi connectivity index (χ4n) is 13.8. The predicted molar refractivity (Wildman–Crippen MR) is 441 cm³/mol. The van der Waals surface area contributed by atoms with Crippen LogP contribution in [0.15, 0.2) is 120 Å². The van der Waals surface area contributed by atoms with Crippen molar-refractivity contribution in [2.24, 2.45) is 38.7 Å². The second-order valence-corrected chi connectivity index (χ2v) is 34.4. The van der Waals surface area contributed by atoms with Crippen LogP contribution in [-0.2, 0) is 68.0 Å². The highest BCUT2D eigenvalue weighted by atomic mass is 128. The molecule has 0 spiro atoms. The van der Waals surface area contributed by atoms with Crippen LogP contribution in [0, 0.1) is 22.7 Å². The number of carbonyl (C=O) groups excluding carboxylic acids is 7. The number of carboxylic acid groups (broad SMARTS) is 1. The predicted octanol–water partition coefficient (Wildman–Crippen LogP) is 9.85. The molecule has 29 nitrogen and oxygen atoms in total. The van der Waals surface area contributed by atoms with Gasteiger partial charge in [0.1, 0.15) is 96.8 Å². The molecule has 114 heavy (non-hydrogen) atoms. The quantitative estimate of drug-likeness (QED) is 0.0360. The molecule has 622 valence electrons. The maximum Gasteiger partial charge on any atom is 0.408 e. The number of nitrogens with zero attached hydrogens (tertiary/aromatic N) is 4. The largest absolute Gasteiger partial charge is 0.490 e. The van der Waals surface area contributed by atoms with Crippen molar-refractivity contribution in [3.8, 4) is 33.8 Å². The van der Waals surface area contributed by atoms with Crippen molar-refractivity contribution in [1.29, 1.82) is 0 Å². The lowest BCUT2D eigenvalue weighted by Crippen LogP contribution is -2.60. The van der Waals surface area contributed by atoms with Crippen LogP contribution < -0.4 is 40.6 Å². The molecule has 8 N–H and O–H groups in total. The Labute approximate surface area is 703 Å². The number of rotatable bonds is 11. The maximum absolute atomic E-state index is 14.4. The number of aliphatic carboxylic acids is 1. The fraction of sp³-hybridized carbons (Fsp3) is 0.493. The SMILES string of the molecule is C.CC(C)(C)[C@@H]1NC(=O)OC/C=C/COc2ccc3c(c2)C(=NO[C@@H]2C[C@@H](C(=O)N[C@]4(C(=O)NS(=O)(=O)C5CC5)C[C@H]4C(F)F)N(C2)C1=O)c1ccccc1-3.CC(C)(C)[C@@H]1NC(=O)OCC=CCOc2ccc3c(c2)C(=NO[C@@H]2C[C@@H](C(=O)O)N(C2)C1=O)c1ccccc1-3.Cl.I.II.N[C@]1(C(=O)NS(=O)(=O)C2CC2)C[C@H]1C(F)F. The van der Waals surface area contributed by atoms with Crippen LogP contribution in [-0.4, -0.2) is 201 Å². The van der Waals surface area contributed by atoms with E-state index in [0.29, 0.717) is 48.6 Å². The first kappa shape index (κ1) is 91.8. The minimum absolute atomic E-state index is 0. The highest BCUT2D eigenvalue weighted by Crippen LogP contribution is 2.50. The van der Waals surface area contributed by atoms with Crippen molar-refractivity contribution in [2.75, 3.05) is 39.5 Å². The number of ether oxygens (including phenoxy) is 4. The summed E-state index contributed by atoms with van der Waals surface area (Å²) in [6, 6.07) is 22.0. The number of sulfonamides is 2. The molecule has 0 radical (unpaired) electrons. The Hall–Kier alpha value is -7.68. The minimum atomic E-state index is -4.13. The van der Waals surface area contributed by atoms with Gasteiger partial charge in [-0.2, -0.15) is 0 Å². The number of oxime groups is 2. The molecule has 4 aromatic carbocycles. The summed E-state index contributed by atoms with van der Waals surface area (Å²) in [5.41, 5.74) is 7.98. The van der Waals surface area contributed by atoms with E-state index >= 15 is 0 Å². The van der Waals surface area contributed by atoms with Crippen LogP contribution in [0.5, 0.6) is 11.5 Å². The zero-order valence-electron chi connectivity index (χ0n) is 61.8. The summed E-state index contributed by atoms with van der Waals surface area (Å²) in [7, 11) is -7.83. The van der Waals surface area contributed by atoms with Crippen LogP contribution >= 0.6 is 73.6 Å². The summed E-state index contributed by atoms with van der Waals surface area (Å²) in [5, 5.41) is 25.2. The summed E-state index contributed by atoms with van der Waals surface area (Å²) in [6.45, 7) is 10.6. The molecule has 14 rings (SSSR count). The number of carbonyl (C=O) groups is 8. The zero-order chi connectivity index (χ0) is 80.4. The normalized spacial score (nSPS) is 25.7. The molecule has 4 heterocycles. The molecule has 0 unspecified atom stereocenters. The number of alkyl carbamates (subject to hydrolysis) is 2. The maximum atomic E-state index is 14.4. The Morgan fingerprint density at radius 2 is 0.947 bits per heavy atom. The lowest BCUT2D eigenvalue weighted by molar-refractivity contribution is -0.150. The highest BCUT2D eigenvalue weighted by Gasteiger charge is 2.67. The second-order valence-electron chi connectivity index (χ2n) is 30.5. The van der Waals surface area contributed by atoms with Gasteiger partial charge in [-0.05, 0) is 132 Å². The minimum Gasteiger partial charge on any atom is -0.490 e. The van der Waals surface area contributed by atoms with Crippen LogP contribution in [0.1, 0.15) is 123 Å². The van der Waals surface area contributed by atoms with Crippen LogP contribution in [0.4, 0.5) is 27.2 Å². The van der Waals surface area contributed by atoms with Gasteiger partial charge in [-0.1, -0.05) is 108 Å². The molecule has 4 saturated carbocycles. The lowest BCUT2D eigenvalue weighted by Gasteiger charge is -2.35. The molecule has 10 aliphatic rings. The standard InChI is InChI=1S/C37H41F2N5O9S.C29H31N3O7.C8H12F2N2O3S.CH4.ClH.I2.HI/c1-36(2,3)30-33(46)44-19-21(17-28(44)32(45)41-37(18-27(37)31(38)39)34(47)43-54(49,50)22-11-12-22)53-42-29-25-9-5-4-8-23(25)24-13-10-20(16-26(24)29)51-14-6-7-15-52-35(48)40-30;1-29(2,3)25-26(33)32-16-18(15-23(32)27(34)35)39-31-24-21-9-5-4-8-19(21)20-11-10-17(14-22(20)24)37-12-6-7-13-38-28(36)30-25;9-6(10)5-3-8(5,11)7(13)12-16(14,15)4-1-2-4;;;1-2;/h4-10,13,16,21-22,27-28,30-31H,11-12,14-15,17-19H2,1-3H3,(H,40,48)(H,41,45)(H,43,47);4-11,14,18,23,25H,12-13,15-16H2,1-3H3,(H,30,36)(H,34,35);4-6H,1-3,11H2,(H,12,13);1H4;1H;;1H/b7-6+,42-29?;;;;;;/t21-,27+,28+,30-,37-;18-,23+,25-;5-,8+;;;;/m110..../s1. The number of halogens is 8. The van der Waals surface area contributed by atoms with Crippen molar-refractivity contribution < 1.29 is 106 Å². The Morgan fingerprint density at radius 1 is 0.570 bits per heavy atom. The smallest absolute Gasteiger partial charge is 0.408 e. The molecule has 6 fully saturated rings. The molecule has 39 heteroatoms. The van der Waals surface area contributed by atoms with Gasteiger partial charge >= 0.3 is 18.2 Å². The lowest BCUT2D eigenvalue weighted by atomic mass is 9.85. The van der Waals surface area contributed by atoms with E-state index in [0.717, 1.165) is 44.5 Å². The van der Waals surface area contributed by atoms with E-state index in [1.54, 1.807) is 70.6 Å². The van der Waals surface area contributed by atoms with E-state index in [-0.39, 0.29) is 103 Å². The van der Waals surface area contributed by atoms with Gasteiger partial charge in [-0.15, -0.1) is 36.4 Å². The number of fused-ring (bicyclic) bond motifs is 12. The number of carboxylic acids is 1. The molecule has 10 atom stereocenters. The number of amides is 7. The van der Waals surface area contributed by atoms with Gasteiger partial charge < -0.3 is 65.2 Å². The molecule has 7 amide bonds. The molecule has 8 bridgehead atoms. The van der Waals surface area contributed by atoms with Crippen molar-refractivity contribution in [1.82, 2.24) is 35.2 Å². The number of cyclic esters (lactones) is 2. The van der Waals surface area contributed by atoms with Gasteiger partial charge in [0.05, 0.1) is 29.5 Å². The van der Waals surface area contributed by atoms with Crippen LogP contribution in [0.2, 0.25) is 0 Å². The van der Waals surface area contributed by atoms with Gasteiger partial charge in [-0.3, -0.25) is 33.4 Å². The first-order valence-corrected chi connectivity index (χ1v) is 45.0. The monoisotopic (exact) mass is 1990 g/mol. The Morgan fingerprint density at radius 3 is 1.32 bits per heavy atom. The zero-order valence-corrected chi connectivity index (χ0v) is 70.9. The first-order chi connectivity index (χ1) is 52.5. The van der Waals surface area contributed by atoms with E-state index in [1.165, 1.54) is 9.80 Å². The summed E-state index contributed by atoms with van der Waals surface area (Å²) in [5.74, 6) is -7.32. The van der Waals surface area contributed by atoms with Gasteiger partial charge in [0.25, 0.3) is 11.8 Å². The third-order valence-electron chi connectivity index (χ3n) is 20.4. The molecule has 0 aromatic heterocycles. The third-order valence-corrected chi connectivity index (χ3v) is 24.0. The summed E-state index contributed by atoms with van der Waals surface area (Å²) >= 11 is 4.24. The summed E-state index contributed by atoms with van der Waals surface area (Å²) < 4.78 is 127. The molecule has 6 aliphatic carbocycles.